The van der Waals surface area contributed by atoms with Gasteiger partial charge in [0, 0.05) is 30.8 Å². The van der Waals surface area contributed by atoms with Gasteiger partial charge in [0.25, 0.3) is 0 Å². The van der Waals surface area contributed by atoms with E-state index in [9.17, 15) is 9.90 Å². The first-order valence-corrected chi connectivity index (χ1v) is 15.0. The van der Waals surface area contributed by atoms with Crippen LogP contribution < -0.4 is 0 Å². The summed E-state index contributed by atoms with van der Waals surface area (Å²) in [6.07, 6.45) is 13.9. The summed E-state index contributed by atoms with van der Waals surface area (Å²) in [5, 5.41) is 9.62. The lowest BCUT2D eigenvalue weighted by Crippen LogP contribution is -2.05. The van der Waals surface area contributed by atoms with E-state index in [1.807, 2.05) is 30.6 Å². The molecule has 1 fully saturated rings. The number of carbonyl (C=O) groups is 1. The zero-order valence-corrected chi connectivity index (χ0v) is 24.0. The molecule has 6 heteroatoms. The third kappa shape index (κ3) is 5.56. The summed E-state index contributed by atoms with van der Waals surface area (Å²) in [5.74, 6) is 0.177. The summed E-state index contributed by atoms with van der Waals surface area (Å²) in [6.45, 7) is 5.04. The van der Waals surface area contributed by atoms with E-state index in [0.29, 0.717) is 18.2 Å². The number of benzene rings is 3. The second kappa shape index (κ2) is 11.7. The van der Waals surface area contributed by atoms with Gasteiger partial charge in [-0.1, -0.05) is 75.1 Å². The number of hydrogen-bond donors (Lipinski definition) is 1. The number of hydrogen-bond acceptors (Lipinski definition) is 3. The largest absolute Gasteiger partial charge is 0.478 e. The number of imidazole rings is 2. The van der Waals surface area contributed by atoms with Crippen LogP contribution in [0, 0.1) is 6.92 Å². The second-order valence-electron chi connectivity index (χ2n) is 11.4. The molecule has 1 aliphatic rings. The maximum Gasteiger partial charge on any atom is 0.336 e. The zero-order chi connectivity index (χ0) is 28.3. The molecule has 0 saturated heterocycles. The summed E-state index contributed by atoms with van der Waals surface area (Å²) in [5.41, 5.74) is 8.60. The molecule has 0 unspecified atom stereocenters. The van der Waals surface area contributed by atoms with Crippen molar-refractivity contribution in [2.75, 3.05) is 0 Å². The van der Waals surface area contributed by atoms with Crippen LogP contribution in [-0.4, -0.2) is 30.2 Å². The van der Waals surface area contributed by atoms with Gasteiger partial charge < -0.3 is 14.2 Å². The van der Waals surface area contributed by atoms with Crippen LogP contribution in [0.1, 0.15) is 85.2 Å². The van der Waals surface area contributed by atoms with Gasteiger partial charge in [0.15, 0.2) is 0 Å². The Bertz CT molecular complexity index is 1670. The summed E-state index contributed by atoms with van der Waals surface area (Å²) in [7, 11) is 0. The first kappa shape index (κ1) is 27.0. The third-order valence-electron chi connectivity index (χ3n) is 8.50. The lowest BCUT2D eigenvalue weighted by Gasteiger charge is -2.15. The fourth-order valence-corrected chi connectivity index (χ4v) is 6.31. The Morgan fingerprint density at radius 1 is 0.976 bits per heavy atom. The maximum absolute atomic E-state index is 11.7. The van der Waals surface area contributed by atoms with Gasteiger partial charge in [-0.3, -0.25) is 0 Å². The van der Waals surface area contributed by atoms with E-state index in [0.717, 1.165) is 57.6 Å². The molecule has 0 atom stereocenters. The van der Waals surface area contributed by atoms with Crippen LogP contribution in [0.25, 0.3) is 33.4 Å². The Balaban J connectivity index is 1.34. The highest BCUT2D eigenvalue weighted by Gasteiger charge is 2.18. The van der Waals surface area contributed by atoms with E-state index in [-0.39, 0.29) is 0 Å². The smallest absolute Gasteiger partial charge is 0.336 e. The Morgan fingerprint density at radius 3 is 2.46 bits per heavy atom. The topological polar surface area (TPSA) is 72.9 Å². The molecule has 1 aliphatic carbocycles. The lowest BCUT2D eigenvalue weighted by molar-refractivity contribution is 0.0697. The Kier molecular flexibility index (Phi) is 7.73. The number of fused-ring (bicyclic) bond motifs is 1. The van der Waals surface area contributed by atoms with E-state index in [2.05, 4.69) is 53.4 Å². The number of nitrogens with zero attached hydrogens (tertiary/aromatic N) is 4. The fraction of sp³-hybridized carbons (Fsp3) is 0.343. The average molecular weight is 547 g/mol. The number of aryl methyl sites for hydroxylation is 2. The second-order valence-corrected chi connectivity index (χ2v) is 11.4. The standard InChI is InChI=1S/C35H38N4O2/c1-3-10-33-37-34-24(2)19-27(31-22-38(23-36-31)28-11-6-4-5-7-12-28)20-32(34)39(33)21-25-15-17-26(18-16-25)29-13-8-9-14-30(29)35(40)41/h8-9,13-20,22-23,28H,3-7,10-12,21H2,1-2H3,(H,40,41). The minimum absolute atomic E-state index is 0.315. The SMILES string of the molecule is CCCc1nc2c(C)cc(-c3cn(C4CCCCCC4)cn3)cc2n1Cc1ccc(-c2ccccc2C(=O)O)cc1. The quantitative estimate of drug-likeness (QED) is 0.198. The molecule has 0 spiro atoms. The van der Waals surface area contributed by atoms with E-state index in [4.69, 9.17) is 9.97 Å². The van der Waals surface area contributed by atoms with Crippen molar-refractivity contribution < 1.29 is 9.90 Å². The van der Waals surface area contributed by atoms with E-state index < -0.39 is 5.97 Å². The predicted molar refractivity (Wildman–Crippen MR) is 164 cm³/mol. The average Bonchev–Trinajstić information content (AvgIpc) is 3.50. The van der Waals surface area contributed by atoms with E-state index in [1.165, 1.54) is 44.1 Å². The molecule has 2 heterocycles. The van der Waals surface area contributed by atoms with Crippen molar-refractivity contribution in [2.24, 2.45) is 0 Å². The summed E-state index contributed by atoms with van der Waals surface area (Å²) in [6, 6.07) is 20.4. The first-order chi connectivity index (χ1) is 20.0. The van der Waals surface area contributed by atoms with E-state index >= 15 is 0 Å². The van der Waals surface area contributed by atoms with Gasteiger partial charge in [0.05, 0.1) is 28.6 Å². The maximum atomic E-state index is 11.7. The van der Waals surface area contributed by atoms with Crippen molar-refractivity contribution in [3.05, 3.63) is 95.7 Å². The highest BCUT2D eigenvalue weighted by Crippen LogP contribution is 2.32. The minimum Gasteiger partial charge on any atom is -0.478 e. The number of carboxylic acids is 1. The monoisotopic (exact) mass is 546 g/mol. The van der Waals surface area contributed by atoms with Crippen molar-refractivity contribution in [1.82, 2.24) is 19.1 Å². The predicted octanol–water partition coefficient (Wildman–Crippen LogP) is 8.47. The highest BCUT2D eigenvalue weighted by atomic mass is 16.4. The zero-order valence-electron chi connectivity index (χ0n) is 24.0. The molecule has 210 valence electrons. The van der Waals surface area contributed by atoms with Gasteiger partial charge >= 0.3 is 5.97 Å². The van der Waals surface area contributed by atoms with Gasteiger partial charge in [-0.2, -0.15) is 0 Å². The van der Waals surface area contributed by atoms with Gasteiger partial charge in [-0.25, -0.2) is 14.8 Å². The van der Waals surface area contributed by atoms with Crippen LogP contribution in [-0.2, 0) is 13.0 Å². The molecule has 1 saturated carbocycles. The van der Waals surface area contributed by atoms with Gasteiger partial charge in [0.1, 0.15) is 5.82 Å². The lowest BCUT2D eigenvalue weighted by atomic mass is 9.98. The summed E-state index contributed by atoms with van der Waals surface area (Å²) in [4.78, 5) is 21.7. The molecule has 3 aromatic carbocycles. The van der Waals surface area contributed by atoms with Crippen LogP contribution in [0.4, 0.5) is 0 Å². The number of aromatic nitrogens is 4. The van der Waals surface area contributed by atoms with Crippen molar-refractivity contribution in [2.45, 2.75) is 77.8 Å². The van der Waals surface area contributed by atoms with Crippen molar-refractivity contribution in [3.63, 3.8) is 0 Å². The molecule has 6 nitrogen and oxygen atoms in total. The van der Waals surface area contributed by atoms with Crippen LogP contribution in [0.3, 0.4) is 0 Å². The van der Waals surface area contributed by atoms with Crippen molar-refractivity contribution in [3.8, 4) is 22.4 Å². The van der Waals surface area contributed by atoms with E-state index in [1.54, 1.807) is 12.1 Å². The Hall–Kier alpha value is -4.19. The molecule has 0 aliphatic heterocycles. The molecule has 2 aromatic heterocycles. The third-order valence-corrected chi connectivity index (χ3v) is 8.50. The minimum atomic E-state index is -0.913. The Labute approximate surface area is 241 Å². The van der Waals surface area contributed by atoms with Crippen LogP contribution in [0.15, 0.2) is 73.2 Å². The number of aromatic carboxylic acids is 1. The molecule has 0 bridgehead atoms. The van der Waals surface area contributed by atoms with Gasteiger partial charge in [-0.15, -0.1) is 0 Å². The van der Waals surface area contributed by atoms with Crippen molar-refractivity contribution in [1.29, 1.82) is 0 Å². The molecule has 5 aromatic rings. The summed E-state index contributed by atoms with van der Waals surface area (Å²) < 4.78 is 4.68. The van der Waals surface area contributed by atoms with Gasteiger partial charge in [0.2, 0.25) is 0 Å². The normalized spacial score (nSPS) is 14.4. The molecule has 0 amide bonds. The van der Waals surface area contributed by atoms with Crippen LogP contribution in [0.5, 0.6) is 0 Å². The fourth-order valence-electron chi connectivity index (χ4n) is 6.31. The van der Waals surface area contributed by atoms with Gasteiger partial charge in [-0.05, 0) is 66.6 Å². The first-order valence-electron chi connectivity index (χ1n) is 15.0. The molecular weight excluding hydrogens is 508 g/mol. The molecular formula is C35H38N4O2. The van der Waals surface area contributed by atoms with Crippen molar-refractivity contribution >= 4 is 17.0 Å². The molecule has 41 heavy (non-hydrogen) atoms. The van der Waals surface area contributed by atoms with Crippen LogP contribution in [0.2, 0.25) is 0 Å². The molecule has 6 rings (SSSR count). The molecule has 0 radical (unpaired) electrons. The molecule has 1 N–H and O–H groups in total. The number of rotatable bonds is 8. The van der Waals surface area contributed by atoms with Crippen LogP contribution >= 0.6 is 0 Å². The Morgan fingerprint density at radius 2 is 1.73 bits per heavy atom. The number of carboxylic acid groups (broad SMARTS) is 1. The highest BCUT2D eigenvalue weighted by molar-refractivity contribution is 5.96. The summed E-state index contributed by atoms with van der Waals surface area (Å²) >= 11 is 0.